The molecule has 4 nitrogen and oxygen atoms in total. The van der Waals surface area contributed by atoms with E-state index in [1.165, 1.54) is 5.56 Å². The van der Waals surface area contributed by atoms with Crippen LogP contribution in [0.1, 0.15) is 38.1 Å². The lowest BCUT2D eigenvalue weighted by Gasteiger charge is -2.07. The number of rotatable bonds is 7. The fourth-order valence-corrected chi connectivity index (χ4v) is 2.01. The first-order chi connectivity index (χ1) is 9.69. The zero-order chi connectivity index (χ0) is 14.4. The third-order valence-corrected chi connectivity index (χ3v) is 3.04. The van der Waals surface area contributed by atoms with Crippen LogP contribution in [0.15, 0.2) is 36.5 Å². The molecule has 20 heavy (non-hydrogen) atoms. The Morgan fingerprint density at radius 3 is 2.80 bits per heavy atom. The van der Waals surface area contributed by atoms with E-state index in [1.807, 2.05) is 29.9 Å². The van der Waals surface area contributed by atoms with Crippen molar-refractivity contribution in [1.82, 2.24) is 15.1 Å². The van der Waals surface area contributed by atoms with Crippen molar-refractivity contribution < 1.29 is 4.74 Å². The van der Waals surface area contributed by atoms with E-state index in [4.69, 9.17) is 4.74 Å². The Balaban J connectivity index is 1.84. The molecule has 1 aromatic heterocycles. The average molecular weight is 273 g/mol. The Labute approximate surface area is 120 Å². The van der Waals surface area contributed by atoms with Gasteiger partial charge in [0.1, 0.15) is 5.75 Å². The van der Waals surface area contributed by atoms with Crippen LogP contribution in [0.5, 0.6) is 5.75 Å². The molecule has 0 atom stereocenters. The summed E-state index contributed by atoms with van der Waals surface area (Å²) in [6.07, 6.45) is 2.03. The van der Waals surface area contributed by atoms with Crippen LogP contribution in [0, 0.1) is 0 Å². The molecule has 108 valence electrons. The van der Waals surface area contributed by atoms with Gasteiger partial charge in [0.25, 0.3) is 0 Å². The van der Waals surface area contributed by atoms with E-state index in [0.717, 1.165) is 24.5 Å². The molecule has 0 aliphatic carbocycles. The minimum atomic E-state index is 0.409. The Kier molecular flexibility index (Phi) is 5.18. The standard InChI is InChI=1S/C16H23N3O/c1-4-20-16-7-5-6-14(10-16)11-17-12-15-8-9-19(18-15)13(2)3/h5-10,13,17H,4,11-12H2,1-3H3. The Bertz CT molecular complexity index is 534. The monoisotopic (exact) mass is 273 g/mol. The maximum absolute atomic E-state index is 5.50. The molecule has 0 saturated heterocycles. The Morgan fingerprint density at radius 2 is 2.10 bits per heavy atom. The van der Waals surface area contributed by atoms with Gasteiger partial charge in [-0.15, -0.1) is 0 Å². The molecule has 0 radical (unpaired) electrons. The van der Waals surface area contributed by atoms with Crippen LogP contribution in [0.4, 0.5) is 0 Å². The molecule has 0 unspecified atom stereocenters. The number of aromatic nitrogens is 2. The van der Waals surface area contributed by atoms with Gasteiger partial charge in [-0.05, 0) is 44.5 Å². The summed E-state index contributed by atoms with van der Waals surface area (Å²) in [5.74, 6) is 0.927. The smallest absolute Gasteiger partial charge is 0.119 e. The van der Waals surface area contributed by atoms with E-state index in [9.17, 15) is 0 Å². The topological polar surface area (TPSA) is 39.1 Å². The van der Waals surface area contributed by atoms with Gasteiger partial charge in [-0.1, -0.05) is 12.1 Å². The number of nitrogens with zero attached hydrogens (tertiary/aromatic N) is 2. The zero-order valence-corrected chi connectivity index (χ0v) is 12.5. The van der Waals surface area contributed by atoms with Gasteiger partial charge in [0.15, 0.2) is 0 Å². The highest BCUT2D eigenvalue weighted by molar-refractivity contribution is 5.28. The molecule has 1 heterocycles. The first-order valence-electron chi connectivity index (χ1n) is 7.15. The van der Waals surface area contributed by atoms with Gasteiger partial charge in [-0.25, -0.2) is 0 Å². The van der Waals surface area contributed by atoms with Gasteiger partial charge in [0.05, 0.1) is 12.3 Å². The zero-order valence-electron chi connectivity index (χ0n) is 12.5. The molecule has 0 spiro atoms. The minimum Gasteiger partial charge on any atom is -0.494 e. The number of ether oxygens (including phenoxy) is 1. The second-order valence-electron chi connectivity index (χ2n) is 5.06. The molecule has 4 heteroatoms. The van der Waals surface area contributed by atoms with E-state index in [0.29, 0.717) is 12.6 Å². The van der Waals surface area contributed by atoms with Crippen LogP contribution in [0.25, 0.3) is 0 Å². The van der Waals surface area contributed by atoms with E-state index in [2.05, 4.69) is 42.5 Å². The van der Waals surface area contributed by atoms with Crippen molar-refractivity contribution >= 4 is 0 Å². The van der Waals surface area contributed by atoms with E-state index < -0.39 is 0 Å². The lowest BCUT2D eigenvalue weighted by atomic mass is 10.2. The second-order valence-corrected chi connectivity index (χ2v) is 5.06. The van der Waals surface area contributed by atoms with E-state index >= 15 is 0 Å². The quantitative estimate of drug-likeness (QED) is 0.842. The normalized spacial score (nSPS) is 11.0. The summed E-state index contributed by atoms with van der Waals surface area (Å²) >= 11 is 0. The fraction of sp³-hybridized carbons (Fsp3) is 0.438. The van der Waals surface area contributed by atoms with Crippen molar-refractivity contribution in [3.05, 3.63) is 47.8 Å². The molecule has 0 saturated carbocycles. The molecule has 2 aromatic rings. The van der Waals surface area contributed by atoms with Gasteiger partial charge in [0.2, 0.25) is 0 Å². The van der Waals surface area contributed by atoms with Crippen LogP contribution >= 0.6 is 0 Å². The number of hydrogen-bond acceptors (Lipinski definition) is 3. The number of nitrogens with one attached hydrogen (secondary N) is 1. The van der Waals surface area contributed by atoms with Crippen molar-refractivity contribution in [3.63, 3.8) is 0 Å². The Morgan fingerprint density at radius 1 is 1.25 bits per heavy atom. The molecule has 1 N–H and O–H groups in total. The molecule has 0 aliphatic rings. The summed E-state index contributed by atoms with van der Waals surface area (Å²) in [6.45, 7) is 8.54. The molecular formula is C16H23N3O. The summed E-state index contributed by atoms with van der Waals surface area (Å²) in [6, 6.07) is 10.6. The third-order valence-electron chi connectivity index (χ3n) is 3.04. The summed E-state index contributed by atoms with van der Waals surface area (Å²) in [7, 11) is 0. The van der Waals surface area contributed by atoms with Gasteiger partial charge in [-0.2, -0.15) is 5.10 Å². The first kappa shape index (κ1) is 14.6. The van der Waals surface area contributed by atoms with E-state index in [1.54, 1.807) is 0 Å². The fourth-order valence-electron chi connectivity index (χ4n) is 2.01. The summed E-state index contributed by atoms with van der Waals surface area (Å²) < 4.78 is 7.48. The van der Waals surface area contributed by atoms with Crippen molar-refractivity contribution in [2.75, 3.05) is 6.61 Å². The molecule has 1 aromatic carbocycles. The molecular weight excluding hydrogens is 250 g/mol. The van der Waals surface area contributed by atoms with Gasteiger partial charge < -0.3 is 10.1 Å². The molecule has 2 rings (SSSR count). The van der Waals surface area contributed by atoms with E-state index in [-0.39, 0.29) is 0 Å². The van der Waals surface area contributed by atoms with Crippen molar-refractivity contribution in [3.8, 4) is 5.75 Å². The van der Waals surface area contributed by atoms with Crippen LogP contribution < -0.4 is 10.1 Å². The van der Waals surface area contributed by atoms with Gasteiger partial charge in [0, 0.05) is 25.3 Å². The van der Waals surface area contributed by atoms with Crippen LogP contribution in [-0.4, -0.2) is 16.4 Å². The molecule has 0 amide bonds. The third kappa shape index (κ3) is 4.10. The maximum atomic E-state index is 5.50. The number of hydrogen-bond donors (Lipinski definition) is 1. The summed E-state index contributed by atoms with van der Waals surface area (Å²) in [5.41, 5.74) is 2.29. The lowest BCUT2D eigenvalue weighted by molar-refractivity contribution is 0.340. The van der Waals surface area contributed by atoms with Crippen LogP contribution in [0.3, 0.4) is 0 Å². The van der Waals surface area contributed by atoms with Crippen molar-refractivity contribution in [2.45, 2.75) is 39.9 Å². The highest BCUT2D eigenvalue weighted by Crippen LogP contribution is 2.13. The second kappa shape index (κ2) is 7.10. The summed E-state index contributed by atoms with van der Waals surface area (Å²) in [4.78, 5) is 0. The molecule has 0 fully saturated rings. The largest absolute Gasteiger partial charge is 0.494 e. The minimum absolute atomic E-state index is 0.409. The Hall–Kier alpha value is -1.81. The van der Waals surface area contributed by atoms with Crippen molar-refractivity contribution in [1.29, 1.82) is 0 Å². The predicted molar refractivity (Wildman–Crippen MR) is 80.8 cm³/mol. The maximum Gasteiger partial charge on any atom is 0.119 e. The lowest BCUT2D eigenvalue weighted by Crippen LogP contribution is -2.13. The summed E-state index contributed by atoms with van der Waals surface area (Å²) in [5, 5.41) is 7.93. The molecule has 0 bridgehead atoms. The highest BCUT2D eigenvalue weighted by atomic mass is 16.5. The SMILES string of the molecule is CCOc1cccc(CNCc2ccn(C(C)C)n2)c1. The highest BCUT2D eigenvalue weighted by Gasteiger charge is 2.02. The number of benzene rings is 1. The molecule has 0 aliphatic heterocycles. The van der Waals surface area contributed by atoms with Crippen molar-refractivity contribution in [2.24, 2.45) is 0 Å². The van der Waals surface area contributed by atoms with Gasteiger partial charge in [-0.3, -0.25) is 4.68 Å². The first-order valence-corrected chi connectivity index (χ1v) is 7.15. The average Bonchev–Trinajstić information content (AvgIpc) is 2.89. The predicted octanol–water partition coefficient (Wildman–Crippen LogP) is 3.15. The van der Waals surface area contributed by atoms with Crippen LogP contribution in [-0.2, 0) is 13.1 Å². The van der Waals surface area contributed by atoms with Gasteiger partial charge >= 0.3 is 0 Å². The van der Waals surface area contributed by atoms with Crippen LogP contribution in [0.2, 0.25) is 0 Å².